The summed E-state index contributed by atoms with van der Waals surface area (Å²) in [6.45, 7) is 0. The van der Waals surface area contributed by atoms with Crippen LogP contribution < -0.4 is 0 Å². The Morgan fingerprint density at radius 2 is 1.79 bits per heavy atom. The van der Waals surface area contributed by atoms with Crippen molar-refractivity contribution < 1.29 is 13.3 Å². The van der Waals surface area contributed by atoms with E-state index in [9.17, 15) is 8.42 Å². The summed E-state index contributed by atoms with van der Waals surface area (Å²) < 4.78 is 25.0. The highest BCUT2D eigenvalue weighted by atomic mass is 35.5. The largest absolute Gasteiger partial charge is 0.399 e. The maximum Gasteiger partial charge on any atom is 0.160 e. The van der Waals surface area contributed by atoms with Gasteiger partial charge in [-0.3, -0.25) is 0 Å². The zero-order valence-corrected chi connectivity index (χ0v) is 15.8. The monoisotopic (exact) mass is 405 g/mol. The summed E-state index contributed by atoms with van der Waals surface area (Å²) in [5.41, 5.74) is 1.18. The summed E-state index contributed by atoms with van der Waals surface area (Å²) in [7, 11) is -2.20. The fourth-order valence-electron chi connectivity index (χ4n) is 2.10. The molecule has 0 aliphatic carbocycles. The SMILES string of the molecule is CON=C(CS(=O)(=O)Cc1ccccc1Cl)c1ccc(Cl)cc1Cl. The van der Waals surface area contributed by atoms with Gasteiger partial charge in [-0.1, -0.05) is 64.2 Å². The summed E-state index contributed by atoms with van der Waals surface area (Å²) >= 11 is 18.0. The van der Waals surface area contributed by atoms with Crippen LogP contribution in [0.3, 0.4) is 0 Å². The van der Waals surface area contributed by atoms with Crippen molar-refractivity contribution in [2.75, 3.05) is 12.9 Å². The highest BCUT2D eigenvalue weighted by Crippen LogP contribution is 2.24. The topological polar surface area (TPSA) is 55.7 Å². The summed E-state index contributed by atoms with van der Waals surface area (Å²) in [6.07, 6.45) is 0. The minimum Gasteiger partial charge on any atom is -0.399 e. The number of rotatable bonds is 6. The third-order valence-corrected chi connectivity index (χ3v) is 5.51. The zero-order chi connectivity index (χ0) is 17.7. The summed E-state index contributed by atoms with van der Waals surface area (Å²) in [5, 5.41) is 4.95. The van der Waals surface area contributed by atoms with E-state index in [-0.39, 0.29) is 17.2 Å². The second-order valence-corrected chi connectivity index (χ2v) is 8.28. The fourth-order valence-corrected chi connectivity index (χ4v) is 4.35. The van der Waals surface area contributed by atoms with Gasteiger partial charge in [-0.05, 0) is 23.8 Å². The molecular weight excluding hydrogens is 393 g/mol. The van der Waals surface area contributed by atoms with E-state index in [1.807, 2.05) is 0 Å². The van der Waals surface area contributed by atoms with Gasteiger partial charge in [0.15, 0.2) is 9.84 Å². The first-order valence-corrected chi connectivity index (χ1v) is 9.77. The molecule has 24 heavy (non-hydrogen) atoms. The van der Waals surface area contributed by atoms with Gasteiger partial charge in [-0.15, -0.1) is 0 Å². The molecule has 0 N–H and O–H groups in total. The van der Waals surface area contributed by atoms with E-state index in [4.69, 9.17) is 39.6 Å². The molecule has 0 atom stereocenters. The van der Waals surface area contributed by atoms with Crippen molar-refractivity contribution >= 4 is 50.4 Å². The molecule has 2 rings (SSSR count). The highest BCUT2D eigenvalue weighted by Gasteiger charge is 2.21. The van der Waals surface area contributed by atoms with Crippen molar-refractivity contribution in [1.29, 1.82) is 0 Å². The Labute approximate surface area is 155 Å². The van der Waals surface area contributed by atoms with E-state index in [0.717, 1.165) is 0 Å². The third-order valence-electron chi connectivity index (χ3n) is 3.13. The molecule has 0 amide bonds. The molecule has 0 aliphatic rings. The number of benzene rings is 2. The van der Waals surface area contributed by atoms with E-state index < -0.39 is 9.84 Å². The first-order chi connectivity index (χ1) is 11.3. The summed E-state index contributed by atoms with van der Waals surface area (Å²) in [6, 6.07) is 11.5. The second kappa shape index (κ2) is 8.21. The average molecular weight is 407 g/mol. The molecule has 0 aromatic heterocycles. The number of sulfone groups is 1. The Kier molecular flexibility index (Phi) is 6.52. The number of oxime groups is 1. The van der Waals surface area contributed by atoms with Crippen LogP contribution in [-0.2, 0) is 20.4 Å². The molecule has 0 heterocycles. The lowest BCUT2D eigenvalue weighted by Crippen LogP contribution is -2.19. The van der Waals surface area contributed by atoms with E-state index in [2.05, 4.69) is 5.16 Å². The minimum absolute atomic E-state index is 0.200. The smallest absolute Gasteiger partial charge is 0.160 e. The van der Waals surface area contributed by atoms with Gasteiger partial charge in [-0.25, -0.2) is 8.42 Å². The molecule has 0 saturated heterocycles. The van der Waals surface area contributed by atoms with Gasteiger partial charge in [-0.2, -0.15) is 0 Å². The molecular formula is C16H14Cl3NO3S. The van der Waals surface area contributed by atoms with E-state index >= 15 is 0 Å². The van der Waals surface area contributed by atoms with Crippen LogP contribution in [0.25, 0.3) is 0 Å². The third kappa shape index (κ3) is 5.11. The molecule has 0 bridgehead atoms. The van der Waals surface area contributed by atoms with Gasteiger partial charge in [0.2, 0.25) is 0 Å². The number of nitrogens with zero attached hydrogens (tertiary/aromatic N) is 1. The number of hydrogen-bond donors (Lipinski definition) is 0. The van der Waals surface area contributed by atoms with Crippen LogP contribution in [0.2, 0.25) is 15.1 Å². The first-order valence-electron chi connectivity index (χ1n) is 6.81. The predicted octanol–water partition coefficient (Wildman–Crippen LogP) is 4.61. The Morgan fingerprint density at radius 1 is 1.08 bits per heavy atom. The average Bonchev–Trinajstić information content (AvgIpc) is 2.49. The molecule has 8 heteroatoms. The van der Waals surface area contributed by atoms with Gasteiger partial charge in [0.25, 0.3) is 0 Å². The lowest BCUT2D eigenvalue weighted by Gasteiger charge is -2.10. The van der Waals surface area contributed by atoms with Crippen molar-refractivity contribution in [1.82, 2.24) is 0 Å². The first kappa shape index (κ1) is 19.1. The Morgan fingerprint density at radius 3 is 2.42 bits per heavy atom. The normalized spacial score (nSPS) is 12.2. The van der Waals surface area contributed by atoms with Gasteiger partial charge in [0, 0.05) is 15.6 Å². The van der Waals surface area contributed by atoms with Crippen LogP contribution in [-0.4, -0.2) is 27.0 Å². The van der Waals surface area contributed by atoms with E-state index in [1.165, 1.54) is 13.2 Å². The van der Waals surface area contributed by atoms with Crippen LogP contribution in [0.4, 0.5) is 0 Å². The van der Waals surface area contributed by atoms with Crippen molar-refractivity contribution in [2.24, 2.45) is 5.16 Å². The Bertz CT molecular complexity index is 867. The molecule has 2 aromatic rings. The molecule has 0 radical (unpaired) electrons. The second-order valence-electron chi connectivity index (χ2n) is 4.97. The zero-order valence-electron chi connectivity index (χ0n) is 12.7. The van der Waals surface area contributed by atoms with Crippen molar-refractivity contribution in [3.8, 4) is 0 Å². The molecule has 128 valence electrons. The van der Waals surface area contributed by atoms with Crippen LogP contribution in [0.15, 0.2) is 47.6 Å². The fraction of sp³-hybridized carbons (Fsp3) is 0.188. The summed E-state index contributed by atoms with van der Waals surface area (Å²) in [5.74, 6) is -0.548. The van der Waals surface area contributed by atoms with Crippen LogP contribution in [0.5, 0.6) is 0 Å². The molecule has 2 aromatic carbocycles. The molecule has 0 fully saturated rings. The minimum atomic E-state index is -3.54. The van der Waals surface area contributed by atoms with Crippen molar-refractivity contribution in [2.45, 2.75) is 5.75 Å². The maximum atomic E-state index is 12.5. The van der Waals surface area contributed by atoms with Crippen LogP contribution in [0, 0.1) is 0 Å². The molecule has 0 unspecified atom stereocenters. The quantitative estimate of drug-likeness (QED) is 0.520. The van der Waals surface area contributed by atoms with Crippen molar-refractivity contribution in [3.63, 3.8) is 0 Å². The molecule has 0 saturated carbocycles. The lowest BCUT2D eigenvalue weighted by molar-refractivity contribution is 0.213. The van der Waals surface area contributed by atoms with Gasteiger partial charge in [0.05, 0.1) is 16.5 Å². The van der Waals surface area contributed by atoms with E-state index in [1.54, 1.807) is 36.4 Å². The van der Waals surface area contributed by atoms with E-state index in [0.29, 0.717) is 26.2 Å². The van der Waals surface area contributed by atoms with Gasteiger partial charge >= 0.3 is 0 Å². The Balaban J connectivity index is 2.30. The predicted molar refractivity (Wildman–Crippen MR) is 99.0 cm³/mol. The van der Waals surface area contributed by atoms with Crippen LogP contribution in [0.1, 0.15) is 11.1 Å². The number of halogens is 3. The molecule has 4 nitrogen and oxygen atoms in total. The van der Waals surface area contributed by atoms with Gasteiger partial charge in [0.1, 0.15) is 12.8 Å². The molecule has 0 aliphatic heterocycles. The Hall–Kier alpha value is -1.27. The van der Waals surface area contributed by atoms with Gasteiger partial charge < -0.3 is 4.84 Å². The van der Waals surface area contributed by atoms with Crippen molar-refractivity contribution in [3.05, 3.63) is 68.7 Å². The highest BCUT2D eigenvalue weighted by molar-refractivity contribution is 7.91. The lowest BCUT2D eigenvalue weighted by atomic mass is 10.1. The summed E-state index contributed by atoms with van der Waals surface area (Å²) in [4.78, 5) is 4.77. The number of hydrogen-bond acceptors (Lipinski definition) is 4. The van der Waals surface area contributed by atoms with Crippen LogP contribution >= 0.6 is 34.8 Å². The molecule has 0 spiro atoms. The standard InChI is InChI=1S/C16H14Cl3NO3S/c1-23-20-16(13-7-6-12(17)8-15(13)19)10-24(21,22)9-11-4-2-3-5-14(11)18/h2-8H,9-10H2,1H3. The maximum absolute atomic E-state index is 12.5.